The van der Waals surface area contributed by atoms with Crippen molar-refractivity contribution in [2.75, 3.05) is 0 Å². The third-order valence-electron chi connectivity index (χ3n) is 3.17. The Hall–Kier alpha value is -2.85. The minimum atomic E-state index is -1.09. The summed E-state index contributed by atoms with van der Waals surface area (Å²) in [6.45, 7) is 6.00. The maximum absolute atomic E-state index is 10.9. The first-order valence-corrected chi connectivity index (χ1v) is 7.08. The molecule has 0 fully saturated rings. The van der Waals surface area contributed by atoms with Gasteiger partial charge in [0.15, 0.2) is 6.29 Å². The summed E-state index contributed by atoms with van der Waals surface area (Å²) in [5, 5.41) is 1.20. The van der Waals surface area contributed by atoms with Gasteiger partial charge in [0.25, 0.3) is 0 Å². The first-order valence-electron chi connectivity index (χ1n) is 7.08. The van der Waals surface area contributed by atoms with E-state index < -0.39 is 11.3 Å². The average molecular weight is 308 g/mol. The van der Waals surface area contributed by atoms with Gasteiger partial charge in [-0.15, -0.1) is 13.2 Å². The molecule has 2 N–H and O–H groups in total. The van der Waals surface area contributed by atoms with Crippen LogP contribution in [0.4, 0.5) is 0 Å². The van der Waals surface area contributed by atoms with Crippen LogP contribution in [0.25, 0.3) is 10.9 Å². The number of fused-ring (bicyclic) bond motifs is 1. The highest BCUT2D eigenvalue weighted by molar-refractivity contribution is 6.30. The van der Waals surface area contributed by atoms with Gasteiger partial charge in [0.1, 0.15) is 5.54 Å². The lowest BCUT2D eigenvalue weighted by atomic mass is 9.89. The van der Waals surface area contributed by atoms with Crippen LogP contribution < -0.4 is 5.73 Å². The number of rotatable bonds is 2. The summed E-state index contributed by atoms with van der Waals surface area (Å²) < 4.78 is 0. The van der Waals surface area contributed by atoms with E-state index in [0.29, 0.717) is 6.42 Å². The van der Waals surface area contributed by atoms with Gasteiger partial charge in [-0.3, -0.25) is 14.6 Å². The van der Waals surface area contributed by atoms with Gasteiger partial charge in [0, 0.05) is 11.6 Å². The molecule has 1 atom stereocenters. The fourth-order valence-electron chi connectivity index (χ4n) is 1.95. The molecular formula is C19H20N2O2. The van der Waals surface area contributed by atoms with E-state index in [2.05, 4.69) is 30.3 Å². The Balaban J connectivity index is 0.000000208. The van der Waals surface area contributed by atoms with Gasteiger partial charge in [0.2, 0.25) is 5.78 Å². The fraction of sp³-hybridized carbons (Fsp3) is 0.105. The van der Waals surface area contributed by atoms with Crippen molar-refractivity contribution in [3.63, 3.8) is 0 Å². The highest BCUT2D eigenvalue weighted by Gasteiger charge is 2.29. The van der Waals surface area contributed by atoms with Crippen LogP contribution in [0.15, 0.2) is 80.1 Å². The first kappa shape index (κ1) is 18.2. The molecule has 0 radical (unpaired) electrons. The number of carbonyl (C=O) groups excluding carboxylic acids is 2. The molecule has 1 aromatic heterocycles. The van der Waals surface area contributed by atoms with Crippen LogP contribution in [0.3, 0.4) is 0 Å². The Kier molecular flexibility index (Phi) is 7.30. The molecule has 3 rings (SSSR count). The number of aldehydes is 1. The molecule has 2 aromatic rings. The fourth-order valence-corrected chi connectivity index (χ4v) is 1.95. The second kappa shape index (κ2) is 9.23. The van der Waals surface area contributed by atoms with Crippen LogP contribution in [-0.2, 0) is 9.59 Å². The summed E-state index contributed by atoms with van der Waals surface area (Å²) in [6.07, 6.45) is 9.26. The van der Waals surface area contributed by atoms with Gasteiger partial charge in [-0.25, -0.2) is 0 Å². The largest absolute Gasteiger partial charge is 0.315 e. The van der Waals surface area contributed by atoms with Crippen molar-refractivity contribution in [2.24, 2.45) is 5.73 Å². The lowest BCUT2D eigenvalue weighted by Gasteiger charge is -2.21. The Bertz CT molecular complexity index is 657. The van der Waals surface area contributed by atoms with E-state index in [1.165, 1.54) is 5.39 Å². The van der Waals surface area contributed by atoms with Crippen LogP contribution in [0.2, 0.25) is 0 Å². The molecule has 0 saturated heterocycles. The number of allylic oxidation sites excluding steroid dienone is 2. The van der Waals surface area contributed by atoms with E-state index in [-0.39, 0.29) is 6.29 Å². The van der Waals surface area contributed by atoms with Crippen molar-refractivity contribution < 1.29 is 9.59 Å². The molecule has 1 heterocycles. The maximum Gasteiger partial charge on any atom is 0.219 e. The number of nitrogens with two attached hydrogens (primary N) is 1. The van der Waals surface area contributed by atoms with Crippen LogP contribution in [0, 0.1) is 0 Å². The highest BCUT2D eigenvalue weighted by Crippen LogP contribution is 2.14. The standard InChI is InChI=1S/C9H7N.C8H9NO2.C2H4/c1-2-6-9-8(4-1)5-3-7-10-9;9-8(7(11)6-10)4-2-1-3-5-8;1-2/h1-7H;1-4,6H,5,9H2;1-2H2. The molecule has 1 aromatic carbocycles. The Morgan fingerprint density at radius 3 is 2.48 bits per heavy atom. The molecule has 0 saturated carbocycles. The summed E-state index contributed by atoms with van der Waals surface area (Å²) in [6, 6.07) is 12.1. The average Bonchev–Trinajstić information content (AvgIpc) is 2.64. The molecule has 0 amide bonds. The molecule has 1 aliphatic carbocycles. The maximum atomic E-state index is 10.9. The number of para-hydroxylation sites is 1. The number of hydrogen-bond donors (Lipinski definition) is 1. The molecule has 0 bridgehead atoms. The molecule has 4 heteroatoms. The molecule has 1 unspecified atom stereocenters. The smallest absolute Gasteiger partial charge is 0.219 e. The van der Waals surface area contributed by atoms with Gasteiger partial charge in [-0.05, 0) is 18.6 Å². The third-order valence-corrected chi connectivity index (χ3v) is 3.17. The van der Waals surface area contributed by atoms with E-state index in [0.717, 1.165) is 5.52 Å². The summed E-state index contributed by atoms with van der Waals surface area (Å²) in [4.78, 5) is 25.2. The van der Waals surface area contributed by atoms with Gasteiger partial charge < -0.3 is 5.73 Å². The minimum Gasteiger partial charge on any atom is -0.315 e. The van der Waals surface area contributed by atoms with E-state index in [4.69, 9.17) is 5.73 Å². The lowest BCUT2D eigenvalue weighted by molar-refractivity contribution is -0.132. The number of benzene rings is 1. The molecule has 1 aliphatic rings. The number of aromatic nitrogens is 1. The second-order valence-corrected chi connectivity index (χ2v) is 4.71. The lowest BCUT2D eigenvalue weighted by Crippen LogP contribution is -2.46. The number of ketones is 1. The number of hydrogen-bond acceptors (Lipinski definition) is 4. The normalized spacial score (nSPS) is 18.1. The van der Waals surface area contributed by atoms with Gasteiger partial charge in [-0.1, -0.05) is 48.6 Å². The van der Waals surface area contributed by atoms with Gasteiger partial charge in [-0.2, -0.15) is 0 Å². The van der Waals surface area contributed by atoms with E-state index in [9.17, 15) is 9.59 Å². The molecule has 0 aliphatic heterocycles. The Morgan fingerprint density at radius 1 is 1.17 bits per heavy atom. The van der Waals surface area contributed by atoms with E-state index in [1.807, 2.05) is 30.5 Å². The predicted octanol–water partition coefficient (Wildman–Crippen LogP) is 3.01. The van der Waals surface area contributed by atoms with Crippen molar-refractivity contribution in [3.8, 4) is 0 Å². The topological polar surface area (TPSA) is 73.1 Å². The molecule has 0 spiro atoms. The van der Waals surface area contributed by atoms with Crippen molar-refractivity contribution in [2.45, 2.75) is 12.0 Å². The number of pyridine rings is 1. The molecule has 118 valence electrons. The van der Waals surface area contributed by atoms with Crippen LogP contribution in [-0.4, -0.2) is 22.6 Å². The van der Waals surface area contributed by atoms with Gasteiger partial charge in [0.05, 0.1) is 5.52 Å². The van der Waals surface area contributed by atoms with Crippen molar-refractivity contribution >= 4 is 23.0 Å². The number of Topliss-reactive ketones (excluding diaryl/α,β-unsaturated/α-hetero) is 1. The second-order valence-electron chi connectivity index (χ2n) is 4.71. The zero-order valence-electron chi connectivity index (χ0n) is 12.9. The zero-order chi connectivity index (χ0) is 17.1. The highest BCUT2D eigenvalue weighted by atomic mass is 16.2. The third kappa shape index (κ3) is 5.13. The molecule has 23 heavy (non-hydrogen) atoms. The predicted molar refractivity (Wildman–Crippen MR) is 93.9 cm³/mol. The quantitative estimate of drug-likeness (QED) is 0.526. The number of carbonyl (C=O) groups is 2. The van der Waals surface area contributed by atoms with E-state index in [1.54, 1.807) is 24.3 Å². The van der Waals surface area contributed by atoms with E-state index >= 15 is 0 Å². The summed E-state index contributed by atoms with van der Waals surface area (Å²) in [7, 11) is 0. The van der Waals surface area contributed by atoms with Crippen LogP contribution in [0.1, 0.15) is 6.42 Å². The van der Waals surface area contributed by atoms with Crippen molar-refractivity contribution in [1.82, 2.24) is 4.98 Å². The van der Waals surface area contributed by atoms with Crippen molar-refractivity contribution in [1.29, 1.82) is 0 Å². The number of nitrogens with zero attached hydrogens (tertiary/aromatic N) is 1. The zero-order valence-corrected chi connectivity index (χ0v) is 12.9. The summed E-state index contributed by atoms with van der Waals surface area (Å²) >= 11 is 0. The van der Waals surface area contributed by atoms with Crippen LogP contribution in [0.5, 0.6) is 0 Å². The van der Waals surface area contributed by atoms with Crippen molar-refractivity contribution in [3.05, 3.63) is 80.1 Å². The van der Waals surface area contributed by atoms with Gasteiger partial charge >= 0.3 is 0 Å². The minimum absolute atomic E-state index is 0.267. The Morgan fingerprint density at radius 2 is 1.87 bits per heavy atom. The summed E-state index contributed by atoms with van der Waals surface area (Å²) in [5.74, 6) is -0.571. The summed E-state index contributed by atoms with van der Waals surface area (Å²) in [5.41, 5.74) is 5.57. The monoisotopic (exact) mass is 308 g/mol. The molecule has 4 nitrogen and oxygen atoms in total. The van der Waals surface area contributed by atoms with Crippen LogP contribution >= 0.6 is 0 Å². The molecular weight excluding hydrogens is 288 g/mol. The SMILES string of the molecule is C=C.NC1(C(=O)C=O)C=CC=CC1.c1ccc2ncccc2c1. The Labute approximate surface area is 136 Å². The first-order chi connectivity index (χ1) is 11.2.